The molecule has 8 N–H and O–H groups in total. The van der Waals surface area contributed by atoms with E-state index in [9.17, 15) is 14.7 Å². The van der Waals surface area contributed by atoms with E-state index in [2.05, 4.69) is 10.6 Å². The van der Waals surface area contributed by atoms with E-state index in [1.807, 2.05) is 0 Å². The van der Waals surface area contributed by atoms with Crippen LogP contribution in [0, 0.1) is 0 Å². The minimum Gasteiger partial charge on any atom is -0.399 e. The molecule has 1 aromatic rings. The Hall–Kier alpha value is -2.12. The maximum absolute atomic E-state index is 11.6. The van der Waals surface area contributed by atoms with Crippen LogP contribution in [0.25, 0.3) is 0 Å². The van der Waals surface area contributed by atoms with Crippen molar-refractivity contribution in [2.45, 2.75) is 18.6 Å². The summed E-state index contributed by atoms with van der Waals surface area (Å²) in [5, 5.41) is 14.7. The van der Waals surface area contributed by atoms with Gasteiger partial charge in [-0.05, 0) is 24.6 Å². The summed E-state index contributed by atoms with van der Waals surface area (Å²) in [5.41, 5.74) is 5.25. The van der Waals surface area contributed by atoms with Crippen molar-refractivity contribution in [3.05, 3.63) is 29.8 Å². The number of amides is 3. The molecule has 2 unspecified atom stereocenters. The molecule has 2 rings (SSSR count). The molecule has 1 saturated heterocycles. The first-order chi connectivity index (χ1) is 7.93. The number of aliphatic hydroxyl groups is 1. The Labute approximate surface area is 104 Å². The minimum absolute atomic E-state index is 0. The van der Waals surface area contributed by atoms with Crippen molar-refractivity contribution < 1.29 is 14.7 Å². The van der Waals surface area contributed by atoms with Crippen molar-refractivity contribution in [2.75, 3.05) is 5.73 Å². The number of carbonyl (C=O) groups is 2. The smallest absolute Gasteiger partial charge is 0.322 e. The summed E-state index contributed by atoms with van der Waals surface area (Å²) in [6.07, 6.45) is -1.13. The second-order valence-corrected chi connectivity index (χ2v) is 4.18. The summed E-state index contributed by atoms with van der Waals surface area (Å²) in [7, 11) is 0. The highest BCUT2D eigenvalue weighted by atomic mass is 16.3. The Balaban J connectivity index is 0.00000162. The number of urea groups is 1. The number of nitrogens with two attached hydrogens (primary N) is 1. The van der Waals surface area contributed by atoms with Crippen LogP contribution in [0.2, 0.25) is 0 Å². The molecular formula is C11H16N4O3. The normalized spacial score (nSPS) is 23.9. The Morgan fingerprint density at radius 2 is 1.83 bits per heavy atom. The van der Waals surface area contributed by atoms with Gasteiger partial charge in [0.15, 0.2) is 0 Å². The lowest BCUT2D eigenvalue weighted by atomic mass is 9.89. The third-order valence-corrected chi connectivity index (χ3v) is 2.87. The topological polar surface area (TPSA) is 139 Å². The molecule has 3 amide bonds. The Morgan fingerprint density at radius 3 is 2.28 bits per heavy atom. The van der Waals surface area contributed by atoms with Gasteiger partial charge in [-0.1, -0.05) is 12.1 Å². The summed E-state index contributed by atoms with van der Waals surface area (Å²) in [6.45, 7) is 1.47. The number of nitrogens with one attached hydrogen (secondary N) is 2. The largest absolute Gasteiger partial charge is 0.399 e. The van der Waals surface area contributed by atoms with Crippen LogP contribution in [-0.2, 0) is 4.79 Å². The van der Waals surface area contributed by atoms with E-state index in [4.69, 9.17) is 5.73 Å². The zero-order valence-electron chi connectivity index (χ0n) is 9.93. The molecule has 0 aromatic heterocycles. The van der Waals surface area contributed by atoms with Crippen molar-refractivity contribution in [1.82, 2.24) is 16.8 Å². The molecule has 1 aliphatic rings. The molecule has 7 nitrogen and oxygen atoms in total. The van der Waals surface area contributed by atoms with Gasteiger partial charge in [-0.15, -0.1) is 0 Å². The van der Waals surface area contributed by atoms with E-state index in [-0.39, 0.29) is 6.15 Å². The Bertz CT molecular complexity index is 474. The quantitative estimate of drug-likeness (QED) is 0.374. The van der Waals surface area contributed by atoms with Crippen LogP contribution in [0.1, 0.15) is 18.6 Å². The number of hydrogen-bond donors (Lipinski definition) is 5. The first kappa shape index (κ1) is 13.9. The van der Waals surface area contributed by atoms with Gasteiger partial charge in [-0.3, -0.25) is 10.1 Å². The first-order valence-corrected chi connectivity index (χ1v) is 5.10. The molecule has 98 valence electrons. The van der Waals surface area contributed by atoms with E-state index < -0.39 is 23.6 Å². The number of imide groups is 1. The maximum Gasteiger partial charge on any atom is 0.322 e. The molecule has 0 aliphatic carbocycles. The summed E-state index contributed by atoms with van der Waals surface area (Å²) in [5.74, 6) is -0.549. The lowest BCUT2D eigenvalue weighted by Crippen LogP contribution is -2.49. The number of benzene rings is 1. The fourth-order valence-corrected chi connectivity index (χ4v) is 1.76. The van der Waals surface area contributed by atoms with Gasteiger partial charge in [0.2, 0.25) is 0 Å². The molecular weight excluding hydrogens is 236 g/mol. The molecule has 1 aromatic carbocycles. The van der Waals surface area contributed by atoms with Crippen LogP contribution >= 0.6 is 0 Å². The highest BCUT2D eigenvalue weighted by Crippen LogP contribution is 2.28. The Kier molecular flexibility index (Phi) is 3.59. The van der Waals surface area contributed by atoms with E-state index in [0.29, 0.717) is 11.3 Å². The highest BCUT2D eigenvalue weighted by molar-refractivity contribution is 6.07. The number of hydrogen-bond acceptors (Lipinski definition) is 5. The third kappa shape index (κ3) is 2.13. The summed E-state index contributed by atoms with van der Waals surface area (Å²) < 4.78 is 0. The zero-order valence-corrected chi connectivity index (χ0v) is 9.93. The second kappa shape index (κ2) is 4.63. The molecule has 0 radical (unpaired) electrons. The zero-order chi connectivity index (χ0) is 12.6. The van der Waals surface area contributed by atoms with Gasteiger partial charge in [0.1, 0.15) is 11.6 Å². The van der Waals surface area contributed by atoms with Crippen LogP contribution in [0.15, 0.2) is 24.3 Å². The van der Waals surface area contributed by atoms with E-state index in [1.54, 1.807) is 24.3 Å². The lowest BCUT2D eigenvalue weighted by Gasteiger charge is -2.27. The average molecular weight is 252 g/mol. The third-order valence-electron chi connectivity index (χ3n) is 2.87. The van der Waals surface area contributed by atoms with Crippen LogP contribution in [-0.4, -0.2) is 22.6 Å². The molecule has 7 heteroatoms. The Morgan fingerprint density at radius 1 is 1.28 bits per heavy atom. The van der Waals surface area contributed by atoms with Crippen molar-refractivity contribution in [1.29, 1.82) is 0 Å². The van der Waals surface area contributed by atoms with Gasteiger partial charge in [-0.25, -0.2) is 4.79 Å². The van der Waals surface area contributed by atoms with Crippen LogP contribution in [0.5, 0.6) is 0 Å². The van der Waals surface area contributed by atoms with E-state index >= 15 is 0 Å². The number of rotatable bonds is 2. The predicted octanol–water partition coefficient (Wildman–Crippen LogP) is 0.0623. The van der Waals surface area contributed by atoms with Gasteiger partial charge < -0.3 is 22.3 Å². The van der Waals surface area contributed by atoms with E-state index in [0.717, 1.165) is 0 Å². The number of anilines is 1. The van der Waals surface area contributed by atoms with Crippen molar-refractivity contribution in [2.24, 2.45) is 0 Å². The molecule has 0 spiro atoms. The van der Waals surface area contributed by atoms with Crippen LogP contribution in [0.4, 0.5) is 10.5 Å². The summed E-state index contributed by atoms with van der Waals surface area (Å²) in [6, 6.07) is 5.87. The molecule has 2 atom stereocenters. The van der Waals surface area contributed by atoms with Gasteiger partial charge >= 0.3 is 6.03 Å². The predicted molar refractivity (Wildman–Crippen MR) is 65.9 cm³/mol. The SMILES string of the molecule is CC1(C(O)c2ccc(N)cc2)NC(=O)NC1=O.N. The number of carbonyl (C=O) groups excluding carboxylic acids is 2. The maximum atomic E-state index is 11.6. The molecule has 1 fully saturated rings. The number of aliphatic hydroxyl groups excluding tert-OH is 1. The monoisotopic (exact) mass is 252 g/mol. The lowest BCUT2D eigenvalue weighted by molar-refractivity contribution is -0.127. The summed E-state index contributed by atoms with van der Waals surface area (Å²) >= 11 is 0. The second-order valence-electron chi connectivity index (χ2n) is 4.18. The highest BCUT2D eigenvalue weighted by Gasteiger charge is 2.48. The molecule has 1 aliphatic heterocycles. The molecule has 18 heavy (non-hydrogen) atoms. The fraction of sp³-hybridized carbons (Fsp3) is 0.273. The minimum atomic E-state index is -1.35. The van der Waals surface area contributed by atoms with Gasteiger partial charge in [0, 0.05) is 5.69 Å². The summed E-state index contributed by atoms with van der Waals surface area (Å²) in [4.78, 5) is 22.7. The molecule has 0 saturated carbocycles. The first-order valence-electron chi connectivity index (χ1n) is 5.10. The standard InChI is InChI=1S/C11H13N3O3.H3N/c1-11(9(16)13-10(17)14-11)8(15)6-2-4-7(12)5-3-6;/h2-5,8,15H,12H2,1H3,(H2,13,14,16,17);1H3. The van der Waals surface area contributed by atoms with Gasteiger partial charge in [0.25, 0.3) is 5.91 Å². The fourth-order valence-electron chi connectivity index (χ4n) is 1.76. The molecule has 0 bridgehead atoms. The van der Waals surface area contributed by atoms with Crippen LogP contribution < -0.4 is 22.5 Å². The van der Waals surface area contributed by atoms with Crippen LogP contribution in [0.3, 0.4) is 0 Å². The van der Waals surface area contributed by atoms with Crippen molar-refractivity contribution in [3.63, 3.8) is 0 Å². The molecule has 1 heterocycles. The van der Waals surface area contributed by atoms with Crippen molar-refractivity contribution in [3.8, 4) is 0 Å². The average Bonchev–Trinajstić information content (AvgIpc) is 2.54. The van der Waals surface area contributed by atoms with Gasteiger partial charge in [-0.2, -0.15) is 0 Å². The van der Waals surface area contributed by atoms with Gasteiger partial charge in [0.05, 0.1) is 0 Å². The number of nitrogen functional groups attached to an aromatic ring is 1. The van der Waals surface area contributed by atoms with E-state index in [1.165, 1.54) is 6.92 Å². The van der Waals surface area contributed by atoms with Crippen molar-refractivity contribution >= 4 is 17.6 Å².